The fourth-order valence-corrected chi connectivity index (χ4v) is 2.19. The molecule has 23 heavy (non-hydrogen) atoms. The SMILES string of the molecule is CN(C)c1ccc(C=C2N=C(c3ccccc3F)OC2=O)cc1. The average Bonchev–Trinajstić information content (AvgIpc) is 2.89. The summed E-state index contributed by atoms with van der Waals surface area (Å²) >= 11 is 0. The Morgan fingerprint density at radius 3 is 2.43 bits per heavy atom. The van der Waals surface area contributed by atoms with Crippen molar-refractivity contribution in [2.45, 2.75) is 0 Å². The highest BCUT2D eigenvalue weighted by Crippen LogP contribution is 2.21. The normalized spacial score (nSPS) is 15.5. The maximum absolute atomic E-state index is 13.7. The number of hydrogen-bond donors (Lipinski definition) is 0. The lowest BCUT2D eigenvalue weighted by atomic mass is 10.1. The summed E-state index contributed by atoms with van der Waals surface area (Å²) < 4.78 is 18.8. The van der Waals surface area contributed by atoms with E-state index >= 15 is 0 Å². The van der Waals surface area contributed by atoms with Crippen molar-refractivity contribution in [2.24, 2.45) is 4.99 Å². The van der Waals surface area contributed by atoms with Crippen LogP contribution < -0.4 is 4.90 Å². The number of carbonyl (C=O) groups excluding carboxylic acids is 1. The number of ether oxygens (including phenoxy) is 1. The first-order chi connectivity index (χ1) is 11.0. The predicted octanol–water partition coefficient (Wildman–Crippen LogP) is 3.24. The Labute approximate surface area is 133 Å². The Bertz CT molecular complexity index is 808. The summed E-state index contributed by atoms with van der Waals surface area (Å²) in [6.45, 7) is 0. The first-order valence-electron chi connectivity index (χ1n) is 7.09. The van der Waals surface area contributed by atoms with Crippen LogP contribution in [0.3, 0.4) is 0 Å². The van der Waals surface area contributed by atoms with Gasteiger partial charge < -0.3 is 9.64 Å². The summed E-state index contributed by atoms with van der Waals surface area (Å²) in [5.41, 5.74) is 2.20. The van der Waals surface area contributed by atoms with Crippen LogP contribution in [0.5, 0.6) is 0 Å². The number of aliphatic imine (C=N–C) groups is 1. The molecular weight excluding hydrogens is 295 g/mol. The molecule has 1 aliphatic rings. The van der Waals surface area contributed by atoms with Crippen LogP contribution in [-0.2, 0) is 9.53 Å². The highest BCUT2D eigenvalue weighted by molar-refractivity contribution is 6.12. The molecule has 0 bridgehead atoms. The van der Waals surface area contributed by atoms with Gasteiger partial charge in [0, 0.05) is 19.8 Å². The number of halogens is 1. The molecule has 116 valence electrons. The van der Waals surface area contributed by atoms with Crippen molar-refractivity contribution in [2.75, 3.05) is 19.0 Å². The van der Waals surface area contributed by atoms with E-state index in [0.717, 1.165) is 11.3 Å². The van der Waals surface area contributed by atoms with Crippen LogP contribution in [0.4, 0.5) is 10.1 Å². The molecule has 3 rings (SSSR count). The Morgan fingerprint density at radius 2 is 1.78 bits per heavy atom. The van der Waals surface area contributed by atoms with Crippen molar-refractivity contribution >= 4 is 23.6 Å². The number of hydrogen-bond acceptors (Lipinski definition) is 4. The second-order valence-electron chi connectivity index (χ2n) is 5.30. The topological polar surface area (TPSA) is 41.9 Å². The molecule has 0 N–H and O–H groups in total. The van der Waals surface area contributed by atoms with Crippen LogP contribution in [0.15, 0.2) is 59.2 Å². The molecule has 1 heterocycles. The van der Waals surface area contributed by atoms with Gasteiger partial charge in [0.25, 0.3) is 0 Å². The Hall–Kier alpha value is -2.95. The second kappa shape index (κ2) is 6.04. The van der Waals surface area contributed by atoms with E-state index in [9.17, 15) is 9.18 Å². The Kier molecular flexibility index (Phi) is 3.93. The lowest BCUT2D eigenvalue weighted by Gasteiger charge is -2.11. The molecule has 2 aromatic carbocycles. The minimum absolute atomic E-state index is 0.00994. The quantitative estimate of drug-likeness (QED) is 0.645. The monoisotopic (exact) mass is 310 g/mol. The van der Waals surface area contributed by atoms with Gasteiger partial charge in [-0.25, -0.2) is 14.2 Å². The lowest BCUT2D eigenvalue weighted by molar-refractivity contribution is -0.129. The average molecular weight is 310 g/mol. The molecule has 0 unspecified atom stereocenters. The van der Waals surface area contributed by atoms with Gasteiger partial charge >= 0.3 is 5.97 Å². The van der Waals surface area contributed by atoms with Crippen LogP contribution in [0.25, 0.3) is 6.08 Å². The zero-order chi connectivity index (χ0) is 16.4. The third-order valence-corrected chi connectivity index (χ3v) is 3.44. The number of carbonyl (C=O) groups is 1. The first kappa shape index (κ1) is 15.0. The second-order valence-corrected chi connectivity index (χ2v) is 5.30. The van der Waals surface area contributed by atoms with Gasteiger partial charge in [-0.05, 0) is 35.9 Å². The minimum atomic E-state index is -0.583. The van der Waals surface area contributed by atoms with Crippen molar-refractivity contribution in [1.29, 1.82) is 0 Å². The molecule has 1 aliphatic heterocycles. The van der Waals surface area contributed by atoms with E-state index in [-0.39, 0.29) is 17.2 Å². The summed E-state index contributed by atoms with van der Waals surface area (Å²) in [6.07, 6.45) is 1.62. The fraction of sp³-hybridized carbons (Fsp3) is 0.111. The van der Waals surface area contributed by atoms with Gasteiger partial charge in [-0.2, -0.15) is 0 Å². The summed E-state index contributed by atoms with van der Waals surface area (Å²) in [5, 5.41) is 0. The molecule has 0 saturated heterocycles. The molecule has 0 spiro atoms. The van der Waals surface area contributed by atoms with Gasteiger partial charge in [-0.3, -0.25) is 0 Å². The maximum Gasteiger partial charge on any atom is 0.363 e. The molecule has 0 radical (unpaired) electrons. The van der Waals surface area contributed by atoms with E-state index < -0.39 is 11.8 Å². The van der Waals surface area contributed by atoms with E-state index in [2.05, 4.69) is 4.99 Å². The van der Waals surface area contributed by atoms with Gasteiger partial charge in [0.1, 0.15) is 5.82 Å². The number of rotatable bonds is 3. The predicted molar refractivity (Wildman–Crippen MR) is 87.8 cm³/mol. The highest BCUT2D eigenvalue weighted by Gasteiger charge is 2.25. The number of benzene rings is 2. The Balaban J connectivity index is 1.90. The molecular formula is C18H15FN2O2. The van der Waals surface area contributed by atoms with Gasteiger partial charge in [-0.1, -0.05) is 24.3 Å². The minimum Gasteiger partial charge on any atom is -0.402 e. The Morgan fingerprint density at radius 1 is 1.09 bits per heavy atom. The molecule has 0 saturated carbocycles. The van der Waals surface area contributed by atoms with Gasteiger partial charge in [0.2, 0.25) is 5.90 Å². The molecule has 0 aromatic heterocycles. The smallest absolute Gasteiger partial charge is 0.363 e. The van der Waals surface area contributed by atoms with Gasteiger partial charge in [0.05, 0.1) is 5.56 Å². The summed E-state index contributed by atoms with van der Waals surface area (Å²) in [5.74, 6) is -1.07. The third kappa shape index (κ3) is 3.13. The summed E-state index contributed by atoms with van der Waals surface area (Å²) in [4.78, 5) is 18.0. The molecule has 0 amide bonds. The van der Waals surface area contributed by atoms with Crippen molar-refractivity contribution in [3.8, 4) is 0 Å². The van der Waals surface area contributed by atoms with Gasteiger partial charge in [-0.15, -0.1) is 0 Å². The molecule has 4 nitrogen and oxygen atoms in total. The molecule has 0 atom stereocenters. The fourth-order valence-electron chi connectivity index (χ4n) is 2.19. The largest absolute Gasteiger partial charge is 0.402 e. The van der Waals surface area contributed by atoms with Gasteiger partial charge in [0.15, 0.2) is 5.70 Å². The van der Waals surface area contributed by atoms with Crippen molar-refractivity contribution in [3.63, 3.8) is 0 Å². The van der Waals surface area contributed by atoms with Crippen LogP contribution in [0, 0.1) is 5.82 Å². The zero-order valence-corrected chi connectivity index (χ0v) is 12.8. The molecule has 2 aromatic rings. The van der Waals surface area contributed by atoms with Crippen molar-refractivity contribution < 1.29 is 13.9 Å². The lowest BCUT2D eigenvalue weighted by Crippen LogP contribution is -2.08. The standard InChI is InChI=1S/C18H15FN2O2/c1-21(2)13-9-7-12(8-10-13)11-16-18(22)23-17(20-16)14-5-3-4-6-15(14)19/h3-11H,1-2H3. The molecule has 5 heteroatoms. The van der Waals surface area contributed by atoms with Crippen molar-refractivity contribution in [1.82, 2.24) is 0 Å². The van der Waals surface area contributed by atoms with E-state index in [0.29, 0.717) is 0 Å². The first-order valence-corrected chi connectivity index (χ1v) is 7.09. The zero-order valence-electron chi connectivity index (χ0n) is 12.8. The van der Waals surface area contributed by atoms with Crippen molar-refractivity contribution in [3.05, 3.63) is 71.2 Å². The van der Waals surface area contributed by atoms with E-state index in [4.69, 9.17) is 4.74 Å². The molecule has 0 fully saturated rings. The van der Waals surface area contributed by atoms with Crippen LogP contribution in [0.1, 0.15) is 11.1 Å². The van der Waals surface area contributed by atoms with Crippen LogP contribution in [0.2, 0.25) is 0 Å². The number of nitrogens with zero attached hydrogens (tertiary/aromatic N) is 2. The number of cyclic esters (lactones) is 1. The highest BCUT2D eigenvalue weighted by atomic mass is 19.1. The molecule has 0 aliphatic carbocycles. The third-order valence-electron chi connectivity index (χ3n) is 3.44. The summed E-state index contributed by atoms with van der Waals surface area (Å²) in [6, 6.07) is 13.7. The maximum atomic E-state index is 13.7. The van der Waals surface area contributed by atoms with E-state index in [1.807, 2.05) is 43.3 Å². The van der Waals surface area contributed by atoms with E-state index in [1.54, 1.807) is 18.2 Å². The number of anilines is 1. The van der Waals surface area contributed by atoms with E-state index in [1.165, 1.54) is 12.1 Å². The summed E-state index contributed by atoms with van der Waals surface area (Å²) in [7, 11) is 3.90. The number of esters is 1. The van der Waals surface area contributed by atoms with Crippen LogP contribution in [-0.4, -0.2) is 26.0 Å². The van der Waals surface area contributed by atoms with Crippen LogP contribution >= 0.6 is 0 Å².